The normalized spacial score (nSPS) is 10.9. The Labute approximate surface area is 195 Å². The van der Waals surface area contributed by atoms with Crippen molar-refractivity contribution in [2.75, 3.05) is 11.1 Å². The van der Waals surface area contributed by atoms with Crippen LogP contribution in [-0.4, -0.2) is 27.0 Å². The Morgan fingerprint density at radius 1 is 0.970 bits per heavy atom. The van der Waals surface area contributed by atoms with Gasteiger partial charge in [-0.1, -0.05) is 30.0 Å². The van der Waals surface area contributed by atoms with Gasteiger partial charge >= 0.3 is 0 Å². The number of carbonyl (C=O) groups is 2. The molecular formula is C26H23N3O3S. The van der Waals surface area contributed by atoms with Crippen LogP contribution in [0.25, 0.3) is 16.6 Å². The second-order valence-corrected chi connectivity index (χ2v) is 8.81. The zero-order valence-electron chi connectivity index (χ0n) is 18.6. The van der Waals surface area contributed by atoms with Crippen molar-refractivity contribution in [3.63, 3.8) is 0 Å². The van der Waals surface area contributed by atoms with Gasteiger partial charge in [-0.25, -0.2) is 4.98 Å². The van der Waals surface area contributed by atoms with Gasteiger partial charge in [-0.2, -0.15) is 0 Å². The number of ketones is 1. The zero-order chi connectivity index (χ0) is 23.5. The van der Waals surface area contributed by atoms with E-state index in [-0.39, 0.29) is 23.0 Å². The van der Waals surface area contributed by atoms with Gasteiger partial charge in [-0.3, -0.25) is 19.0 Å². The highest BCUT2D eigenvalue weighted by atomic mass is 32.2. The van der Waals surface area contributed by atoms with Crippen LogP contribution in [0.3, 0.4) is 0 Å². The summed E-state index contributed by atoms with van der Waals surface area (Å²) < 4.78 is 1.57. The summed E-state index contributed by atoms with van der Waals surface area (Å²) >= 11 is 1.20. The molecule has 0 bridgehead atoms. The number of nitrogens with zero attached hydrogens (tertiary/aromatic N) is 2. The molecule has 3 aromatic carbocycles. The van der Waals surface area contributed by atoms with Gasteiger partial charge in [-0.05, 0) is 80.4 Å². The largest absolute Gasteiger partial charge is 0.325 e. The van der Waals surface area contributed by atoms with Gasteiger partial charge in [0.1, 0.15) is 0 Å². The van der Waals surface area contributed by atoms with Crippen LogP contribution in [0.2, 0.25) is 0 Å². The van der Waals surface area contributed by atoms with Gasteiger partial charge in [0.15, 0.2) is 10.9 Å². The molecule has 0 aliphatic rings. The molecule has 1 aromatic heterocycles. The van der Waals surface area contributed by atoms with E-state index in [1.54, 1.807) is 41.0 Å². The van der Waals surface area contributed by atoms with Crippen molar-refractivity contribution in [3.8, 4) is 5.69 Å². The first-order valence-electron chi connectivity index (χ1n) is 10.5. The fraction of sp³-hybridized carbons (Fsp3) is 0.154. The van der Waals surface area contributed by atoms with E-state index in [9.17, 15) is 14.4 Å². The summed E-state index contributed by atoms with van der Waals surface area (Å²) in [6, 6.07) is 19.9. The average Bonchev–Trinajstić information content (AvgIpc) is 2.77. The summed E-state index contributed by atoms with van der Waals surface area (Å²) in [5.74, 6) is -0.190. The number of nitrogens with one attached hydrogen (secondary N) is 1. The molecule has 4 rings (SSSR count). The van der Waals surface area contributed by atoms with Crippen molar-refractivity contribution in [2.24, 2.45) is 0 Å². The van der Waals surface area contributed by atoms with E-state index in [4.69, 9.17) is 4.98 Å². The van der Waals surface area contributed by atoms with E-state index >= 15 is 0 Å². The maximum Gasteiger partial charge on any atom is 0.266 e. The molecule has 0 radical (unpaired) electrons. The molecule has 0 atom stereocenters. The predicted molar refractivity (Wildman–Crippen MR) is 133 cm³/mol. The van der Waals surface area contributed by atoms with Gasteiger partial charge in [0, 0.05) is 11.3 Å². The molecule has 1 N–H and O–H groups in total. The molecule has 0 aliphatic carbocycles. The molecule has 4 aromatic rings. The lowest BCUT2D eigenvalue weighted by atomic mass is 10.1. The molecule has 0 aliphatic heterocycles. The summed E-state index contributed by atoms with van der Waals surface area (Å²) in [5.41, 5.74) is 4.39. The van der Waals surface area contributed by atoms with Crippen molar-refractivity contribution < 1.29 is 9.59 Å². The third kappa shape index (κ3) is 5.04. The summed E-state index contributed by atoms with van der Waals surface area (Å²) in [7, 11) is 0. The Kier molecular flexibility index (Phi) is 6.42. The average molecular weight is 458 g/mol. The monoisotopic (exact) mass is 457 g/mol. The van der Waals surface area contributed by atoms with Crippen LogP contribution in [0.15, 0.2) is 76.7 Å². The van der Waals surface area contributed by atoms with E-state index in [2.05, 4.69) is 5.32 Å². The highest BCUT2D eigenvalue weighted by Crippen LogP contribution is 2.23. The molecule has 0 saturated heterocycles. The van der Waals surface area contributed by atoms with Gasteiger partial charge in [0.25, 0.3) is 5.56 Å². The Morgan fingerprint density at radius 2 is 1.64 bits per heavy atom. The topological polar surface area (TPSA) is 81.1 Å². The molecule has 0 spiro atoms. The Hall–Kier alpha value is -3.71. The highest BCUT2D eigenvalue weighted by molar-refractivity contribution is 7.99. The second-order valence-electron chi connectivity index (χ2n) is 7.87. The number of anilines is 1. The number of aromatic nitrogens is 2. The van der Waals surface area contributed by atoms with Crippen LogP contribution in [0.1, 0.15) is 28.4 Å². The number of thioether (sulfide) groups is 1. The lowest BCUT2D eigenvalue weighted by molar-refractivity contribution is -0.113. The van der Waals surface area contributed by atoms with Crippen LogP contribution in [-0.2, 0) is 4.79 Å². The molecule has 0 fully saturated rings. The molecule has 0 unspecified atom stereocenters. The SMILES string of the molecule is CC(=O)c1ccc(NC(=O)CSc2nc3ccccc3c(=O)n2-c2cc(C)cc(C)c2)cc1. The Bertz CT molecular complexity index is 1410. The molecule has 0 saturated carbocycles. The van der Waals surface area contributed by atoms with E-state index < -0.39 is 0 Å². The van der Waals surface area contributed by atoms with Crippen molar-refractivity contribution in [2.45, 2.75) is 25.9 Å². The van der Waals surface area contributed by atoms with Crippen molar-refractivity contribution in [3.05, 3.63) is 93.8 Å². The molecule has 1 heterocycles. The molecular weight excluding hydrogens is 434 g/mol. The minimum atomic E-state index is -0.232. The fourth-order valence-corrected chi connectivity index (χ4v) is 4.44. The summed E-state index contributed by atoms with van der Waals surface area (Å²) in [5, 5.41) is 3.80. The number of fused-ring (bicyclic) bond motifs is 1. The number of hydrogen-bond donors (Lipinski definition) is 1. The first kappa shape index (κ1) is 22.5. The summed E-state index contributed by atoms with van der Waals surface area (Å²) in [6.45, 7) is 5.46. The number of amides is 1. The van der Waals surface area contributed by atoms with Crippen molar-refractivity contribution >= 4 is 40.0 Å². The number of aryl methyl sites for hydroxylation is 2. The number of hydrogen-bond acceptors (Lipinski definition) is 5. The van der Waals surface area contributed by atoms with Crippen LogP contribution in [0, 0.1) is 13.8 Å². The maximum absolute atomic E-state index is 13.4. The molecule has 33 heavy (non-hydrogen) atoms. The van der Waals surface area contributed by atoms with E-state index in [0.717, 1.165) is 16.8 Å². The highest BCUT2D eigenvalue weighted by Gasteiger charge is 2.15. The lowest BCUT2D eigenvalue weighted by Gasteiger charge is -2.14. The van der Waals surface area contributed by atoms with E-state index in [1.165, 1.54) is 18.7 Å². The first-order valence-corrected chi connectivity index (χ1v) is 11.4. The van der Waals surface area contributed by atoms with Crippen LogP contribution < -0.4 is 10.9 Å². The summed E-state index contributed by atoms with van der Waals surface area (Å²) in [6.07, 6.45) is 0. The smallest absolute Gasteiger partial charge is 0.266 e. The number of para-hydroxylation sites is 1. The van der Waals surface area contributed by atoms with Gasteiger partial charge in [0.2, 0.25) is 5.91 Å². The minimum Gasteiger partial charge on any atom is -0.325 e. The molecule has 1 amide bonds. The van der Waals surface area contributed by atoms with Crippen molar-refractivity contribution in [1.82, 2.24) is 9.55 Å². The van der Waals surface area contributed by atoms with Crippen LogP contribution in [0.4, 0.5) is 5.69 Å². The molecule has 7 heteroatoms. The van der Waals surface area contributed by atoms with Gasteiger partial charge < -0.3 is 5.32 Å². The second kappa shape index (κ2) is 9.42. The maximum atomic E-state index is 13.4. The number of benzene rings is 3. The fourth-order valence-electron chi connectivity index (χ4n) is 3.63. The Balaban J connectivity index is 1.64. The van der Waals surface area contributed by atoms with Gasteiger partial charge in [0.05, 0.1) is 22.3 Å². The third-order valence-electron chi connectivity index (χ3n) is 5.12. The quantitative estimate of drug-likeness (QED) is 0.252. The van der Waals surface area contributed by atoms with Crippen molar-refractivity contribution in [1.29, 1.82) is 0 Å². The van der Waals surface area contributed by atoms with E-state index in [0.29, 0.717) is 27.3 Å². The Morgan fingerprint density at radius 3 is 2.30 bits per heavy atom. The van der Waals surface area contributed by atoms with Gasteiger partial charge in [-0.15, -0.1) is 0 Å². The number of Topliss-reactive ketones (excluding diaryl/α,β-unsaturated/α-hetero) is 1. The molecule has 6 nitrogen and oxygen atoms in total. The molecule has 166 valence electrons. The number of carbonyl (C=O) groups excluding carboxylic acids is 2. The lowest BCUT2D eigenvalue weighted by Crippen LogP contribution is -2.23. The summed E-state index contributed by atoms with van der Waals surface area (Å²) in [4.78, 5) is 42.1. The van der Waals surface area contributed by atoms with Crippen LogP contribution >= 0.6 is 11.8 Å². The minimum absolute atomic E-state index is 0.0323. The predicted octanol–water partition coefficient (Wildman–Crippen LogP) is 4.94. The third-order valence-corrected chi connectivity index (χ3v) is 6.06. The van der Waals surface area contributed by atoms with Crippen LogP contribution in [0.5, 0.6) is 0 Å². The zero-order valence-corrected chi connectivity index (χ0v) is 19.4. The number of rotatable bonds is 6. The first-order chi connectivity index (χ1) is 15.8. The standard InChI is InChI=1S/C26H23N3O3S/c1-16-12-17(2)14-21(13-16)29-25(32)22-6-4-5-7-23(22)28-26(29)33-15-24(31)27-20-10-8-19(9-11-20)18(3)30/h4-14H,15H2,1-3H3,(H,27,31). The van der Waals surface area contributed by atoms with E-state index in [1.807, 2.05) is 44.2 Å².